The van der Waals surface area contributed by atoms with Crippen LogP contribution >= 0.6 is 0 Å². The van der Waals surface area contributed by atoms with Crippen molar-refractivity contribution in [2.75, 3.05) is 18.0 Å². The SMILES string of the molecule is Cc1cnc(C)c(N2C[C@H]3C[C@@H](n4cnc5ccccc54)[C@H](O)C[C@H]3C2)n1. The highest BCUT2D eigenvalue weighted by Crippen LogP contribution is 2.43. The number of aliphatic hydroxyl groups excluding tert-OH is 1. The largest absolute Gasteiger partial charge is 0.391 e. The number of hydrogen-bond donors (Lipinski definition) is 1. The fraction of sp³-hybridized carbons (Fsp3) is 0.476. The van der Waals surface area contributed by atoms with E-state index in [9.17, 15) is 5.11 Å². The molecule has 0 unspecified atom stereocenters. The molecule has 6 heteroatoms. The van der Waals surface area contributed by atoms with E-state index in [0.29, 0.717) is 11.8 Å². The van der Waals surface area contributed by atoms with Crippen LogP contribution in [0.15, 0.2) is 36.8 Å². The highest BCUT2D eigenvalue weighted by atomic mass is 16.3. The van der Waals surface area contributed by atoms with E-state index in [1.165, 1.54) is 0 Å². The van der Waals surface area contributed by atoms with E-state index in [2.05, 4.69) is 25.5 Å². The number of para-hydroxylation sites is 2. The molecule has 2 fully saturated rings. The van der Waals surface area contributed by atoms with Crippen LogP contribution in [0, 0.1) is 25.7 Å². The summed E-state index contributed by atoms with van der Waals surface area (Å²) in [5.74, 6) is 2.07. The second kappa shape index (κ2) is 6.30. The molecule has 1 aliphatic carbocycles. The molecule has 0 amide bonds. The Balaban J connectivity index is 1.41. The second-order valence-corrected chi connectivity index (χ2v) is 8.09. The topological polar surface area (TPSA) is 67.1 Å². The lowest BCUT2D eigenvalue weighted by molar-refractivity contribution is 0.0375. The number of benzene rings is 1. The summed E-state index contributed by atoms with van der Waals surface area (Å²) in [6.07, 6.45) is 5.18. The molecule has 5 rings (SSSR count). The first-order chi connectivity index (χ1) is 13.1. The van der Waals surface area contributed by atoms with E-state index >= 15 is 0 Å². The Hall–Kier alpha value is -2.47. The van der Waals surface area contributed by atoms with E-state index in [4.69, 9.17) is 4.98 Å². The third-order valence-electron chi connectivity index (χ3n) is 6.30. The highest BCUT2D eigenvalue weighted by molar-refractivity contribution is 5.75. The van der Waals surface area contributed by atoms with Gasteiger partial charge in [0.2, 0.25) is 0 Å². The standard InChI is InChI=1S/C21H25N5O/c1-13-9-22-14(2)21(24-13)25-10-15-7-19(20(27)8-16(15)11-25)26-12-23-17-5-3-4-6-18(17)26/h3-6,9,12,15-16,19-20,27H,7-8,10-11H2,1-2H3/t15-,16+,19-,20-/m1/s1. The molecule has 1 N–H and O–H groups in total. The molecule has 2 aromatic heterocycles. The van der Waals surface area contributed by atoms with Gasteiger partial charge < -0.3 is 14.6 Å². The van der Waals surface area contributed by atoms with Gasteiger partial charge in [0.25, 0.3) is 0 Å². The maximum absolute atomic E-state index is 10.9. The Morgan fingerprint density at radius 3 is 2.67 bits per heavy atom. The lowest BCUT2D eigenvalue weighted by atomic mass is 9.77. The molecule has 1 saturated heterocycles. The van der Waals surface area contributed by atoms with Gasteiger partial charge >= 0.3 is 0 Å². The quantitative estimate of drug-likeness (QED) is 0.758. The summed E-state index contributed by atoms with van der Waals surface area (Å²) in [7, 11) is 0. The molecule has 0 radical (unpaired) electrons. The summed E-state index contributed by atoms with van der Waals surface area (Å²) in [5, 5.41) is 10.9. The zero-order chi connectivity index (χ0) is 18.5. The lowest BCUT2D eigenvalue weighted by Crippen LogP contribution is -2.36. The van der Waals surface area contributed by atoms with E-state index < -0.39 is 0 Å². The van der Waals surface area contributed by atoms with Crippen LogP contribution in [-0.2, 0) is 0 Å². The van der Waals surface area contributed by atoms with Crippen molar-refractivity contribution in [2.24, 2.45) is 11.8 Å². The predicted octanol–water partition coefficient (Wildman–Crippen LogP) is 2.89. The van der Waals surface area contributed by atoms with E-state index in [0.717, 1.165) is 54.2 Å². The van der Waals surface area contributed by atoms with Crippen LogP contribution < -0.4 is 4.90 Å². The predicted molar refractivity (Wildman–Crippen MR) is 105 cm³/mol. The van der Waals surface area contributed by atoms with Gasteiger partial charge in [-0.15, -0.1) is 0 Å². The zero-order valence-corrected chi connectivity index (χ0v) is 15.8. The van der Waals surface area contributed by atoms with E-state index in [-0.39, 0.29) is 12.1 Å². The van der Waals surface area contributed by atoms with Gasteiger partial charge in [-0.05, 0) is 50.7 Å². The Morgan fingerprint density at radius 2 is 1.81 bits per heavy atom. The Kier molecular flexibility index (Phi) is 3.90. The van der Waals surface area contributed by atoms with Crippen molar-refractivity contribution >= 4 is 16.9 Å². The average molecular weight is 363 g/mol. The third-order valence-corrected chi connectivity index (χ3v) is 6.30. The Morgan fingerprint density at radius 1 is 1.04 bits per heavy atom. The van der Waals surface area contributed by atoms with Crippen LogP contribution in [0.4, 0.5) is 5.82 Å². The maximum Gasteiger partial charge on any atom is 0.150 e. The fourth-order valence-electron chi connectivity index (χ4n) is 4.95. The van der Waals surface area contributed by atoms with Crippen LogP contribution in [0.3, 0.4) is 0 Å². The Labute approximate surface area is 158 Å². The van der Waals surface area contributed by atoms with Crippen molar-refractivity contribution < 1.29 is 5.11 Å². The molecule has 3 heterocycles. The molecule has 0 bridgehead atoms. The van der Waals surface area contributed by atoms with Crippen LogP contribution in [0.5, 0.6) is 0 Å². The van der Waals surface area contributed by atoms with Gasteiger partial charge in [0.05, 0.1) is 40.9 Å². The lowest BCUT2D eigenvalue weighted by Gasteiger charge is -2.36. The molecule has 1 aliphatic heterocycles. The average Bonchev–Trinajstić information content (AvgIpc) is 3.26. The number of rotatable bonds is 2. The molecule has 27 heavy (non-hydrogen) atoms. The van der Waals surface area contributed by atoms with Crippen LogP contribution in [0.2, 0.25) is 0 Å². The molecule has 1 aromatic carbocycles. The van der Waals surface area contributed by atoms with Crippen LogP contribution in [0.1, 0.15) is 30.3 Å². The number of aliphatic hydroxyl groups is 1. The van der Waals surface area contributed by atoms with Gasteiger partial charge in [-0.25, -0.2) is 9.97 Å². The number of imidazole rings is 1. The highest BCUT2D eigenvalue weighted by Gasteiger charge is 2.43. The summed E-state index contributed by atoms with van der Waals surface area (Å²) in [4.78, 5) is 16.1. The number of anilines is 1. The zero-order valence-electron chi connectivity index (χ0n) is 15.8. The van der Waals surface area contributed by atoms with Gasteiger partial charge in [-0.2, -0.15) is 0 Å². The summed E-state index contributed by atoms with van der Waals surface area (Å²) in [5.41, 5.74) is 4.03. The summed E-state index contributed by atoms with van der Waals surface area (Å²) in [6.45, 7) is 5.96. The molecule has 1 saturated carbocycles. The third kappa shape index (κ3) is 2.79. The molecule has 2 aliphatic rings. The molecule has 6 nitrogen and oxygen atoms in total. The van der Waals surface area contributed by atoms with Crippen molar-refractivity contribution in [2.45, 2.75) is 38.8 Å². The van der Waals surface area contributed by atoms with Crippen molar-refractivity contribution in [3.05, 3.63) is 48.2 Å². The first kappa shape index (κ1) is 16.7. The van der Waals surface area contributed by atoms with Crippen LogP contribution in [0.25, 0.3) is 11.0 Å². The number of aromatic nitrogens is 4. The minimum Gasteiger partial charge on any atom is -0.391 e. The first-order valence-electron chi connectivity index (χ1n) is 9.75. The van der Waals surface area contributed by atoms with Crippen LogP contribution in [-0.4, -0.2) is 43.8 Å². The fourth-order valence-corrected chi connectivity index (χ4v) is 4.95. The van der Waals surface area contributed by atoms with Crippen molar-refractivity contribution in [1.29, 1.82) is 0 Å². The minimum atomic E-state index is -0.339. The van der Waals surface area contributed by atoms with E-state index in [1.54, 1.807) is 0 Å². The van der Waals surface area contributed by atoms with Crippen molar-refractivity contribution in [3.63, 3.8) is 0 Å². The van der Waals surface area contributed by atoms with Gasteiger partial charge in [0.1, 0.15) is 5.82 Å². The first-order valence-corrected chi connectivity index (χ1v) is 9.75. The molecule has 0 spiro atoms. The summed E-state index contributed by atoms with van der Waals surface area (Å²) < 4.78 is 2.18. The summed E-state index contributed by atoms with van der Waals surface area (Å²) in [6, 6.07) is 8.25. The smallest absolute Gasteiger partial charge is 0.150 e. The Bertz CT molecular complexity index is 984. The normalized spacial score (nSPS) is 27.9. The molecule has 4 atom stereocenters. The molecular weight excluding hydrogens is 338 g/mol. The molecular formula is C21H25N5O. The van der Waals surface area contributed by atoms with Gasteiger partial charge in [-0.1, -0.05) is 12.1 Å². The molecule has 140 valence electrons. The number of fused-ring (bicyclic) bond motifs is 2. The number of hydrogen-bond acceptors (Lipinski definition) is 5. The van der Waals surface area contributed by atoms with Gasteiger partial charge in [0, 0.05) is 19.3 Å². The number of nitrogens with zero attached hydrogens (tertiary/aromatic N) is 5. The number of aryl methyl sites for hydroxylation is 2. The van der Waals surface area contributed by atoms with Gasteiger partial charge in [-0.3, -0.25) is 4.98 Å². The summed E-state index contributed by atoms with van der Waals surface area (Å²) >= 11 is 0. The van der Waals surface area contributed by atoms with Gasteiger partial charge in [0.15, 0.2) is 0 Å². The van der Waals surface area contributed by atoms with E-state index in [1.807, 2.05) is 44.6 Å². The molecule has 3 aromatic rings. The minimum absolute atomic E-state index is 0.0864. The monoisotopic (exact) mass is 363 g/mol. The van der Waals surface area contributed by atoms with Crippen molar-refractivity contribution in [3.8, 4) is 0 Å². The maximum atomic E-state index is 10.9. The second-order valence-electron chi connectivity index (χ2n) is 8.09. The van der Waals surface area contributed by atoms with Crippen molar-refractivity contribution in [1.82, 2.24) is 19.5 Å².